The molecule has 1 heterocycles. The maximum absolute atomic E-state index is 12.7. The zero-order valence-electron chi connectivity index (χ0n) is 13.8. The van der Waals surface area contributed by atoms with Crippen molar-refractivity contribution in [2.24, 2.45) is 0 Å². The molecule has 1 amide bonds. The van der Waals surface area contributed by atoms with Crippen LogP contribution in [0.5, 0.6) is 5.75 Å². The lowest BCUT2D eigenvalue weighted by atomic mass is 9.86. The number of hydrogen-bond acceptors (Lipinski definition) is 3. The van der Waals surface area contributed by atoms with Crippen molar-refractivity contribution in [3.05, 3.63) is 23.8 Å². The standard InChI is InChI=1S/C17H26N2O2/c1-6-18(7-2)10-11-19-15-9-8-13(21-5)12-14(15)17(3,4)16(19)20/h8-9,12H,6-7,10-11H2,1-5H3. The predicted molar refractivity (Wildman–Crippen MR) is 86.2 cm³/mol. The second-order valence-corrected chi connectivity index (χ2v) is 5.99. The molecule has 0 N–H and O–H groups in total. The number of benzene rings is 1. The Morgan fingerprint density at radius 3 is 2.48 bits per heavy atom. The summed E-state index contributed by atoms with van der Waals surface area (Å²) in [6, 6.07) is 5.92. The van der Waals surface area contributed by atoms with Gasteiger partial charge in [0.15, 0.2) is 0 Å². The van der Waals surface area contributed by atoms with E-state index in [0.717, 1.165) is 43.2 Å². The fourth-order valence-electron chi connectivity index (χ4n) is 2.94. The third-order valence-corrected chi connectivity index (χ3v) is 4.48. The number of amides is 1. The summed E-state index contributed by atoms with van der Waals surface area (Å²) in [5.74, 6) is 0.984. The van der Waals surface area contributed by atoms with Crippen LogP contribution in [-0.4, -0.2) is 44.1 Å². The van der Waals surface area contributed by atoms with Gasteiger partial charge in [0.25, 0.3) is 0 Å². The zero-order valence-corrected chi connectivity index (χ0v) is 13.8. The Morgan fingerprint density at radius 2 is 1.90 bits per heavy atom. The number of fused-ring (bicyclic) bond motifs is 1. The van der Waals surface area contributed by atoms with Crippen LogP contribution in [0.3, 0.4) is 0 Å². The smallest absolute Gasteiger partial charge is 0.237 e. The second-order valence-electron chi connectivity index (χ2n) is 5.99. The molecule has 21 heavy (non-hydrogen) atoms. The normalized spacial score (nSPS) is 16.5. The molecular formula is C17H26N2O2. The van der Waals surface area contributed by atoms with Crippen molar-refractivity contribution in [1.82, 2.24) is 4.90 Å². The van der Waals surface area contributed by atoms with Crippen molar-refractivity contribution >= 4 is 11.6 Å². The summed E-state index contributed by atoms with van der Waals surface area (Å²) in [6.45, 7) is 11.9. The predicted octanol–water partition coefficient (Wildman–Crippen LogP) is 2.66. The van der Waals surface area contributed by atoms with E-state index in [1.807, 2.05) is 36.9 Å². The van der Waals surface area contributed by atoms with E-state index in [1.54, 1.807) is 7.11 Å². The monoisotopic (exact) mass is 290 g/mol. The fourth-order valence-corrected chi connectivity index (χ4v) is 2.94. The Labute approximate surface area is 127 Å². The summed E-state index contributed by atoms with van der Waals surface area (Å²) < 4.78 is 5.30. The third-order valence-electron chi connectivity index (χ3n) is 4.48. The molecule has 1 aromatic carbocycles. The summed E-state index contributed by atoms with van der Waals surface area (Å²) >= 11 is 0. The molecule has 4 nitrogen and oxygen atoms in total. The van der Waals surface area contributed by atoms with E-state index in [4.69, 9.17) is 4.74 Å². The molecule has 1 aromatic rings. The van der Waals surface area contributed by atoms with Crippen molar-refractivity contribution in [2.75, 3.05) is 38.2 Å². The Morgan fingerprint density at radius 1 is 1.24 bits per heavy atom. The molecular weight excluding hydrogens is 264 g/mol. The van der Waals surface area contributed by atoms with Crippen molar-refractivity contribution < 1.29 is 9.53 Å². The van der Waals surface area contributed by atoms with E-state index in [2.05, 4.69) is 18.7 Å². The van der Waals surface area contributed by atoms with Gasteiger partial charge in [-0.3, -0.25) is 4.79 Å². The summed E-state index contributed by atoms with van der Waals surface area (Å²) in [7, 11) is 1.66. The lowest BCUT2D eigenvalue weighted by Crippen LogP contribution is -2.41. The van der Waals surface area contributed by atoms with E-state index < -0.39 is 5.41 Å². The SMILES string of the molecule is CCN(CC)CCN1C(=O)C(C)(C)c2cc(OC)ccc21. The highest BCUT2D eigenvalue weighted by Crippen LogP contribution is 2.42. The van der Waals surface area contributed by atoms with Crippen LogP contribution in [0.1, 0.15) is 33.3 Å². The molecule has 0 bridgehead atoms. The van der Waals surface area contributed by atoms with Gasteiger partial charge in [-0.1, -0.05) is 13.8 Å². The number of methoxy groups -OCH3 is 1. The molecule has 0 radical (unpaired) electrons. The van der Waals surface area contributed by atoms with Crippen LogP contribution in [0.2, 0.25) is 0 Å². The quantitative estimate of drug-likeness (QED) is 0.807. The van der Waals surface area contributed by atoms with Gasteiger partial charge in [-0.15, -0.1) is 0 Å². The summed E-state index contributed by atoms with van der Waals surface area (Å²) in [6.07, 6.45) is 0. The minimum absolute atomic E-state index is 0.179. The van der Waals surface area contributed by atoms with Gasteiger partial charge in [-0.25, -0.2) is 0 Å². The number of anilines is 1. The van der Waals surface area contributed by atoms with Gasteiger partial charge < -0.3 is 14.5 Å². The van der Waals surface area contributed by atoms with E-state index in [-0.39, 0.29) is 5.91 Å². The Hall–Kier alpha value is -1.55. The molecule has 0 fully saturated rings. The minimum Gasteiger partial charge on any atom is -0.497 e. The van der Waals surface area contributed by atoms with Gasteiger partial charge in [0.2, 0.25) is 5.91 Å². The van der Waals surface area contributed by atoms with Crippen molar-refractivity contribution in [1.29, 1.82) is 0 Å². The first-order valence-electron chi connectivity index (χ1n) is 7.68. The van der Waals surface area contributed by atoms with Crippen LogP contribution in [-0.2, 0) is 10.2 Å². The van der Waals surface area contributed by atoms with E-state index in [0.29, 0.717) is 0 Å². The highest BCUT2D eigenvalue weighted by molar-refractivity contribution is 6.07. The van der Waals surface area contributed by atoms with Crippen molar-refractivity contribution in [2.45, 2.75) is 33.1 Å². The molecule has 0 aromatic heterocycles. The number of nitrogens with zero attached hydrogens (tertiary/aromatic N) is 2. The van der Waals surface area contributed by atoms with Crippen LogP contribution < -0.4 is 9.64 Å². The Bertz CT molecular complexity index is 522. The summed E-state index contributed by atoms with van der Waals surface area (Å²) in [5.41, 5.74) is 1.61. The van der Waals surface area contributed by atoms with Crippen LogP contribution in [0.25, 0.3) is 0 Å². The van der Waals surface area contributed by atoms with Gasteiger partial charge in [0.1, 0.15) is 5.75 Å². The molecule has 4 heteroatoms. The van der Waals surface area contributed by atoms with Gasteiger partial charge >= 0.3 is 0 Å². The van der Waals surface area contributed by atoms with Gasteiger partial charge in [-0.2, -0.15) is 0 Å². The van der Waals surface area contributed by atoms with Crippen molar-refractivity contribution in [3.8, 4) is 5.75 Å². The maximum atomic E-state index is 12.7. The summed E-state index contributed by atoms with van der Waals surface area (Å²) in [5, 5.41) is 0. The number of rotatable bonds is 6. The van der Waals surface area contributed by atoms with E-state index >= 15 is 0 Å². The largest absolute Gasteiger partial charge is 0.497 e. The van der Waals surface area contributed by atoms with Gasteiger partial charge in [0, 0.05) is 18.8 Å². The molecule has 0 spiro atoms. The summed E-state index contributed by atoms with van der Waals surface area (Å²) in [4.78, 5) is 17.0. The average Bonchev–Trinajstić information content (AvgIpc) is 2.68. The topological polar surface area (TPSA) is 32.8 Å². The number of carbonyl (C=O) groups excluding carboxylic acids is 1. The van der Waals surface area contributed by atoms with E-state index in [9.17, 15) is 4.79 Å². The molecule has 0 unspecified atom stereocenters. The van der Waals surface area contributed by atoms with E-state index in [1.165, 1.54) is 0 Å². The minimum atomic E-state index is -0.479. The lowest BCUT2D eigenvalue weighted by Gasteiger charge is -2.24. The molecule has 0 saturated carbocycles. The molecule has 0 aliphatic carbocycles. The highest BCUT2D eigenvalue weighted by atomic mass is 16.5. The molecule has 1 aliphatic rings. The molecule has 0 saturated heterocycles. The van der Waals surface area contributed by atoms with Crippen LogP contribution in [0.4, 0.5) is 5.69 Å². The molecule has 0 atom stereocenters. The molecule has 2 rings (SSSR count). The Kier molecular flexibility index (Phi) is 4.57. The first-order valence-corrected chi connectivity index (χ1v) is 7.68. The highest BCUT2D eigenvalue weighted by Gasteiger charge is 2.43. The van der Waals surface area contributed by atoms with Crippen molar-refractivity contribution in [3.63, 3.8) is 0 Å². The second kappa shape index (κ2) is 6.06. The van der Waals surface area contributed by atoms with Crippen LogP contribution in [0.15, 0.2) is 18.2 Å². The first kappa shape index (κ1) is 15.8. The van der Waals surface area contributed by atoms with Crippen LogP contribution in [0, 0.1) is 0 Å². The molecule has 1 aliphatic heterocycles. The van der Waals surface area contributed by atoms with Crippen LogP contribution >= 0.6 is 0 Å². The third kappa shape index (κ3) is 2.77. The Balaban J connectivity index is 2.27. The number of ether oxygens (including phenoxy) is 1. The maximum Gasteiger partial charge on any atom is 0.237 e. The number of likely N-dealkylation sites (N-methyl/N-ethyl adjacent to an activating group) is 1. The fraction of sp³-hybridized carbons (Fsp3) is 0.588. The van der Waals surface area contributed by atoms with Gasteiger partial charge in [-0.05, 0) is 50.7 Å². The number of hydrogen-bond donors (Lipinski definition) is 0. The average molecular weight is 290 g/mol. The first-order chi connectivity index (χ1) is 9.95. The number of carbonyl (C=O) groups is 1. The lowest BCUT2D eigenvalue weighted by molar-refractivity contribution is -0.122. The van der Waals surface area contributed by atoms with Gasteiger partial charge in [0.05, 0.1) is 12.5 Å². The molecule has 116 valence electrons. The zero-order chi connectivity index (χ0) is 15.6.